The smallest absolute Gasteiger partial charge is 0.330 e. The summed E-state index contributed by atoms with van der Waals surface area (Å²) in [4.78, 5) is 31.5. The van der Waals surface area contributed by atoms with Gasteiger partial charge in [-0.25, -0.2) is 14.2 Å². The van der Waals surface area contributed by atoms with E-state index in [2.05, 4.69) is 15.3 Å². The summed E-state index contributed by atoms with van der Waals surface area (Å²) in [6.07, 6.45) is 1.74. The maximum Gasteiger partial charge on any atom is 0.330 e. The fraction of sp³-hybridized carbons (Fsp3) is 0.421. The van der Waals surface area contributed by atoms with E-state index in [0.717, 1.165) is 12.8 Å². The van der Waals surface area contributed by atoms with E-state index >= 15 is 0 Å². The first kappa shape index (κ1) is 18.9. The largest absolute Gasteiger partial charge is 0.378 e. The Morgan fingerprint density at radius 3 is 2.67 bits per heavy atom. The third-order valence-corrected chi connectivity index (χ3v) is 4.64. The molecule has 1 aromatic carbocycles. The summed E-state index contributed by atoms with van der Waals surface area (Å²) in [5.41, 5.74) is 1.11. The van der Waals surface area contributed by atoms with Crippen LogP contribution in [0, 0.1) is 12.7 Å². The Kier molecular flexibility index (Phi) is 5.43. The number of benzene rings is 1. The van der Waals surface area contributed by atoms with Crippen molar-refractivity contribution < 1.29 is 4.39 Å². The maximum atomic E-state index is 13.7. The van der Waals surface area contributed by atoms with E-state index in [1.54, 1.807) is 23.6 Å². The highest BCUT2D eigenvalue weighted by Gasteiger charge is 2.17. The van der Waals surface area contributed by atoms with E-state index in [1.807, 2.05) is 13.8 Å². The van der Waals surface area contributed by atoms with Crippen LogP contribution in [0.3, 0.4) is 0 Å². The molecule has 0 saturated heterocycles. The van der Waals surface area contributed by atoms with Gasteiger partial charge in [-0.1, -0.05) is 19.4 Å². The van der Waals surface area contributed by atoms with Crippen molar-refractivity contribution in [1.29, 1.82) is 0 Å². The molecule has 0 bridgehead atoms. The highest BCUT2D eigenvalue weighted by molar-refractivity contribution is 5.71. The van der Waals surface area contributed by atoms with Crippen LogP contribution in [0.15, 0.2) is 27.8 Å². The summed E-state index contributed by atoms with van der Waals surface area (Å²) < 4.78 is 17.0. The van der Waals surface area contributed by atoms with Gasteiger partial charge < -0.3 is 9.88 Å². The van der Waals surface area contributed by atoms with E-state index in [9.17, 15) is 14.0 Å². The van der Waals surface area contributed by atoms with Gasteiger partial charge in [-0.3, -0.25) is 14.3 Å². The van der Waals surface area contributed by atoms with Crippen molar-refractivity contribution in [2.45, 2.75) is 53.2 Å². The predicted octanol–water partition coefficient (Wildman–Crippen LogP) is 2.77. The molecule has 0 aliphatic carbocycles. The topological polar surface area (TPSA) is 84.7 Å². The Hall–Kier alpha value is -2.90. The number of aryl methyl sites for hydroxylation is 3. The molecule has 27 heavy (non-hydrogen) atoms. The van der Waals surface area contributed by atoms with Crippen LogP contribution in [-0.2, 0) is 19.6 Å². The standard InChI is InChI=1S/C19H24FN5O2/c1-4-6-9-25-17-16(18(26)23-19(25)27)24(5-2)15(22-17)11-21-13-8-7-12(3)14(20)10-13/h7-8,10,21H,4-6,9,11H2,1-3H3,(H,23,26,27). The molecule has 7 nitrogen and oxygen atoms in total. The van der Waals surface area contributed by atoms with Crippen LogP contribution >= 0.6 is 0 Å². The molecule has 8 heteroatoms. The molecular formula is C19H24FN5O2. The molecule has 2 N–H and O–H groups in total. The first-order chi connectivity index (χ1) is 13.0. The number of nitrogens with one attached hydrogen (secondary N) is 2. The van der Waals surface area contributed by atoms with E-state index in [-0.39, 0.29) is 5.82 Å². The van der Waals surface area contributed by atoms with Crippen molar-refractivity contribution in [2.24, 2.45) is 0 Å². The zero-order valence-corrected chi connectivity index (χ0v) is 15.8. The molecule has 0 atom stereocenters. The minimum Gasteiger partial charge on any atom is -0.378 e. The van der Waals surface area contributed by atoms with E-state index in [0.29, 0.717) is 47.9 Å². The lowest BCUT2D eigenvalue weighted by molar-refractivity contribution is 0.613. The van der Waals surface area contributed by atoms with Gasteiger partial charge in [0.25, 0.3) is 5.56 Å². The summed E-state index contributed by atoms with van der Waals surface area (Å²) in [5.74, 6) is 0.337. The second-order valence-corrected chi connectivity index (χ2v) is 6.53. The predicted molar refractivity (Wildman–Crippen MR) is 104 cm³/mol. The van der Waals surface area contributed by atoms with E-state index < -0.39 is 11.2 Å². The number of anilines is 1. The Morgan fingerprint density at radius 2 is 2.00 bits per heavy atom. The van der Waals surface area contributed by atoms with Crippen LogP contribution in [0.4, 0.5) is 10.1 Å². The average molecular weight is 373 g/mol. The van der Waals surface area contributed by atoms with Gasteiger partial charge in [0.05, 0.1) is 6.54 Å². The Morgan fingerprint density at radius 1 is 1.22 bits per heavy atom. The molecule has 0 amide bonds. The van der Waals surface area contributed by atoms with E-state index in [1.165, 1.54) is 10.6 Å². The first-order valence-corrected chi connectivity index (χ1v) is 9.18. The number of H-pyrrole nitrogens is 1. The second-order valence-electron chi connectivity index (χ2n) is 6.53. The highest BCUT2D eigenvalue weighted by Crippen LogP contribution is 2.16. The molecule has 2 aromatic heterocycles. The van der Waals surface area contributed by atoms with Gasteiger partial charge in [-0.05, 0) is 38.0 Å². The van der Waals surface area contributed by atoms with Crippen molar-refractivity contribution in [3.8, 4) is 0 Å². The fourth-order valence-electron chi connectivity index (χ4n) is 3.10. The van der Waals surface area contributed by atoms with Gasteiger partial charge in [0.1, 0.15) is 11.6 Å². The lowest BCUT2D eigenvalue weighted by Crippen LogP contribution is -2.31. The van der Waals surface area contributed by atoms with Crippen LogP contribution in [-0.4, -0.2) is 19.1 Å². The number of unbranched alkanes of at least 4 members (excludes halogenated alkanes) is 1. The van der Waals surface area contributed by atoms with Crippen LogP contribution in [0.25, 0.3) is 11.2 Å². The number of imidazole rings is 1. The summed E-state index contributed by atoms with van der Waals surface area (Å²) in [6.45, 7) is 7.00. The molecule has 2 heterocycles. The number of rotatable bonds is 7. The molecule has 0 spiro atoms. The van der Waals surface area contributed by atoms with Gasteiger partial charge >= 0.3 is 5.69 Å². The summed E-state index contributed by atoms with van der Waals surface area (Å²) >= 11 is 0. The first-order valence-electron chi connectivity index (χ1n) is 9.18. The van der Waals surface area contributed by atoms with Crippen molar-refractivity contribution >= 4 is 16.9 Å². The van der Waals surface area contributed by atoms with Crippen molar-refractivity contribution in [3.05, 3.63) is 56.2 Å². The van der Waals surface area contributed by atoms with Crippen LogP contribution in [0.1, 0.15) is 38.1 Å². The summed E-state index contributed by atoms with van der Waals surface area (Å²) in [5, 5.41) is 3.14. The minimum atomic E-state index is -0.443. The number of halogens is 1. The molecule has 144 valence electrons. The monoisotopic (exact) mass is 373 g/mol. The zero-order valence-electron chi connectivity index (χ0n) is 15.8. The molecule has 3 aromatic rings. The molecule has 0 radical (unpaired) electrons. The Bertz CT molecular complexity index is 1080. The molecule has 0 saturated carbocycles. The number of fused-ring (bicyclic) bond motifs is 1. The van der Waals surface area contributed by atoms with Crippen LogP contribution in [0.2, 0.25) is 0 Å². The Labute approximate surface area is 155 Å². The van der Waals surface area contributed by atoms with Gasteiger partial charge in [0, 0.05) is 18.8 Å². The highest BCUT2D eigenvalue weighted by atomic mass is 19.1. The lowest BCUT2D eigenvalue weighted by Gasteiger charge is -2.09. The lowest BCUT2D eigenvalue weighted by atomic mass is 10.2. The van der Waals surface area contributed by atoms with Crippen LogP contribution in [0.5, 0.6) is 0 Å². The van der Waals surface area contributed by atoms with Gasteiger partial charge in [0.15, 0.2) is 11.2 Å². The van der Waals surface area contributed by atoms with Gasteiger partial charge in [-0.2, -0.15) is 0 Å². The van der Waals surface area contributed by atoms with Gasteiger partial charge in [-0.15, -0.1) is 0 Å². The molecule has 0 unspecified atom stereocenters. The van der Waals surface area contributed by atoms with E-state index in [4.69, 9.17) is 0 Å². The third kappa shape index (κ3) is 3.65. The molecule has 0 aliphatic rings. The van der Waals surface area contributed by atoms with Crippen molar-refractivity contribution in [2.75, 3.05) is 5.32 Å². The molecule has 0 fully saturated rings. The fourth-order valence-corrected chi connectivity index (χ4v) is 3.10. The normalized spacial score (nSPS) is 11.3. The maximum absolute atomic E-state index is 13.7. The number of hydrogen-bond donors (Lipinski definition) is 2. The number of hydrogen-bond acceptors (Lipinski definition) is 4. The number of aromatic nitrogens is 4. The zero-order chi connectivity index (χ0) is 19.6. The van der Waals surface area contributed by atoms with Crippen molar-refractivity contribution in [3.63, 3.8) is 0 Å². The number of aromatic amines is 1. The molecule has 3 rings (SSSR count). The summed E-state index contributed by atoms with van der Waals surface area (Å²) in [6, 6.07) is 4.92. The minimum absolute atomic E-state index is 0.283. The SMILES string of the molecule is CCCCn1c(=O)[nH]c(=O)c2c1nc(CNc1ccc(C)c(F)c1)n2CC. The molecule has 0 aliphatic heterocycles. The third-order valence-electron chi connectivity index (χ3n) is 4.64. The quantitative estimate of drug-likeness (QED) is 0.667. The van der Waals surface area contributed by atoms with Crippen LogP contribution < -0.4 is 16.6 Å². The van der Waals surface area contributed by atoms with Crippen molar-refractivity contribution in [1.82, 2.24) is 19.1 Å². The number of nitrogens with zero attached hydrogens (tertiary/aromatic N) is 3. The van der Waals surface area contributed by atoms with Gasteiger partial charge in [0.2, 0.25) is 0 Å². The summed E-state index contributed by atoms with van der Waals surface area (Å²) in [7, 11) is 0. The molecular weight excluding hydrogens is 349 g/mol. The average Bonchev–Trinajstić information content (AvgIpc) is 3.01. The second kappa shape index (κ2) is 7.77. The Balaban J connectivity index is 2.02.